The lowest BCUT2D eigenvalue weighted by atomic mass is 10.1. The van der Waals surface area contributed by atoms with Crippen molar-refractivity contribution in [1.82, 2.24) is 0 Å². The van der Waals surface area contributed by atoms with Gasteiger partial charge in [0.2, 0.25) is 5.91 Å². The van der Waals surface area contributed by atoms with Crippen molar-refractivity contribution in [3.8, 4) is 11.1 Å². The van der Waals surface area contributed by atoms with Crippen LogP contribution in [0.15, 0.2) is 42.5 Å². The van der Waals surface area contributed by atoms with Crippen molar-refractivity contribution < 1.29 is 4.79 Å². The number of benzene rings is 2. The van der Waals surface area contributed by atoms with Crippen LogP contribution in [0.1, 0.15) is 24.5 Å². The molecule has 20 heavy (non-hydrogen) atoms. The van der Waals surface area contributed by atoms with Crippen molar-refractivity contribution in [2.75, 3.05) is 5.32 Å². The van der Waals surface area contributed by atoms with Crippen LogP contribution < -0.4 is 11.1 Å². The van der Waals surface area contributed by atoms with E-state index in [0.717, 1.165) is 12.1 Å². The second-order valence-corrected chi connectivity index (χ2v) is 5.21. The molecular formula is C17H18N2O. The molecule has 0 saturated heterocycles. The molecule has 3 N–H and O–H groups in total. The third kappa shape index (κ3) is 2.21. The number of amides is 1. The summed E-state index contributed by atoms with van der Waals surface area (Å²) < 4.78 is 0. The smallest absolute Gasteiger partial charge is 0.241 e. The Morgan fingerprint density at radius 2 is 1.95 bits per heavy atom. The largest absolute Gasteiger partial charge is 0.325 e. The Labute approximate surface area is 118 Å². The molecule has 102 valence electrons. The summed E-state index contributed by atoms with van der Waals surface area (Å²) in [7, 11) is 0. The van der Waals surface area contributed by atoms with Gasteiger partial charge in [0.05, 0.1) is 6.04 Å². The molecule has 0 aromatic heterocycles. The first kappa shape index (κ1) is 12.9. The predicted octanol–water partition coefficient (Wildman–Crippen LogP) is 2.93. The molecule has 1 atom stereocenters. The van der Waals surface area contributed by atoms with Gasteiger partial charge in [-0.25, -0.2) is 0 Å². The second-order valence-electron chi connectivity index (χ2n) is 5.21. The summed E-state index contributed by atoms with van der Waals surface area (Å²) in [5.41, 5.74) is 11.7. The van der Waals surface area contributed by atoms with Crippen molar-refractivity contribution in [2.24, 2.45) is 5.73 Å². The van der Waals surface area contributed by atoms with E-state index in [2.05, 4.69) is 41.7 Å². The van der Waals surface area contributed by atoms with Crippen LogP contribution in [0.5, 0.6) is 0 Å². The molecule has 0 spiro atoms. The highest BCUT2D eigenvalue weighted by Gasteiger charge is 2.18. The Bertz CT molecular complexity index is 664. The molecule has 3 rings (SSSR count). The zero-order valence-corrected chi connectivity index (χ0v) is 11.5. The van der Waals surface area contributed by atoms with E-state index in [1.54, 1.807) is 0 Å². The lowest BCUT2D eigenvalue weighted by Crippen LogP contribution is -2.34. The van der Waals surface area contributed by atoms with Crippen LogP contribution in [0.4, 0.5) is 5.69 Å². The standard InChI is InChI=1S/C17H18N2O/c1-2-16(18)17(20)19-13-7-8-15-12(10-13)9-11-5-3-4-6-14(11)15/h3-8,10,16H,2,9,18H2,1H3,(H,19,20)/t16-/m0/s1. The van der Waals surface area contributed by atoms with Gasteiger partial charge in [-0.1, -0.05) is 37.3 Å². The summed E-state index contributed by atoms with van der Waals surface area (Å²) in [6.07, 6.45) is 1.57. The molecule has 0 aliphatic heterocycles. The third-order valence-electron chi connectivity index (χ3n) is 3.84. The molecule has 0 bridgehead atoms. The zero-order chi connectivity index (χ0) is 14.1. The minimum absolute atomic E-state index is 0.122. The number of hydrogen-bond donors (Lipinski definition) is 2. The predicted molar refractivity (Wildman–Crippen MR) is 81.6 cm³/mol. The topological polar surface area (TPSA) is 55.1 Å². The molecule has 1 aliphatic carbocycles. The molecule has 2 aromatic carbocycles. The fourth-order valence-corrected chi connectivity index (χ4v) is 2.64. The number of carbonyl (C=O) groups excluding carboxylic acids is 1. The molecule has 0 radical (unpaired) electrons. The van der Waals surface area contributed by atoms with Crippen LogP contribution in [0.25, 0.3) is 11.1 Å². The van der Waals surface area contributed by atoms with E-state index < -0.39 is 6.04 Å². The number of carbonyl (C=O) groups is 1. The van der Waals surface area contributed by atoms with Crippen LogP contribution in [-0.4, -0.2) is 11.9 Å². The molecule has 0 heterocycles. The molecule has 0 fully saturated rings. The van der Waals surface area contributed by atoms with Crippen molar-refractivity contribution in [2.45, 2.75) is 25.8 Å². The Balaban J connectivity index is 1.86. The Morgan fingerprint density at radius 3 is 2.75 bits per heavy atom. The monoisotopic (exact) mass is 266 g/mol. The maximum atomic E-state index is 11.8. The lowest BCUT2D eigenvalue weighted by molar-refractivity contribution is -0.117. The van der Waals surface area contributed by atoms with Gasteiger partial charge in [0, 0.05) is 5.69 Å². The highest BCUT2D eigenvalue weighted by Crippen LogP contribution is 2.37. The van der Waals surface area contributed by atoms with E-state index >= 15 is 0 Å². The van der Waals surface area contributed by atoms with Gasteiger partial charge in [-0.05, 0) is 47.2 Å². The molecule has 2 aromatic rings. The molecule has 3 nitrogen and oxygen atoms in total. The highest BCUT2D eigenvalue weighted by atomic mass is 16.2. The van der Waals surface area contributed by atoms with E-state index in [0.29, 0.717) is 6.42 Å². The van der Waals surface area contributed by atoms with E-state index in [-0.39, 0.29) is 5.91 Å². The molecule has 0 saturated carbocycles. The van der Waals surface area contributed by atoms with Gasteiger partial charge in [-0.15, -0.1) is 0 Å². The van der Waals surface area contributed by atoms with Gasteiger partial charge >= 0.3 is 0 Å². The molecular weight excluding hydrogens is 248 g/mol. The van der Waals surface area contributed by atoms with Crippen LogP contribution in [0.2, 0.25) is 0 Å². The Morgan fingerprint density at radius 1 is 1.20 bits per heavy atom. The first-order chi connectivity index (χ1) is 9.69. The van der Waals surface area contributed by atoms with Crippen molar-refractivity contribution in [1.29, 1.82) is 0 Å². The molecule has 0 unspecified atom stereocenters. The minimum Gasteiger partial charge on any atom is -0.325 e. The Hall–Kier alpha value is -2.13. The van der Waals surface area contributed by atoms with Crippen molar-refractivity contribution in [3.63, 3.8) is 0 Å². The average Bonchev–Trinajstić information content (AvgIpc) is 2.83. The van der Waals surface area contributed by atoms with E-state index in [1.165, 1.54) is 22.3 Å². The van der Waals surface area contributed by atoms with Crippen molar-refractivity contribution in [3.05, 3.63) is 53.6 Å². The fraction of sp³-hybridized carbons (Fsp3) is 0.235. The summed E-state index contributed by atoms with van der Waals surface area (Å²) in [5, 5.41) is 2.89. The van der Waals surface area contributed by atoms with E-state index in [4.69, 9.17) is 5.73 Å². The summed E-state index contributed by atoms with van der Waals surface area (Å²) in [5.74, 6) is -0.122. The van der Waals surface area contributed by atoms with E-state index in [9.17, 15) is 4.79 Å². The van der Waals surface area contributed by atoms with Crippen LogP contribution in [0, 0.1) is 0 Å². The third-order valence-corrected chi connectivity index (χ3v) is 3.84. The van der Waals surface area contributed by atoms with Crippen molar-refractivity contribution >= 4 is 11.6 Å². The number of hydrogen-bond acceptors (Lipinski definition) is 2. The van der Waals surface area contributed by atoms with Crippen LogP contribution in [0.3, 0.4) is 0 Å². The maximum absolute atomic E-state index is 11.8. The van der Waals surface area contributed by atoms with Crippen LogP contribution >= 0.6 is 0 Å². The van der Waals surface area contributed by atoms with Gasteiger partial charge in [0.15, 0.2) is 0 Å². The maximum Gasteiger partial charge on any atom is 0.241 e. The number of anilines is 1. The van der Waals surface area contributed by atoms with E-state index in [1.807, 2.05) is 13.0 Å². The SMILES string of the molecule is CC[C@H](N)C(=O)Nc1ccc2c(c1)Cc1ccccc1-2. The summed E-state index contributed by atoms with van der Waals surface area (Å²) in [6, 6.07) is 14.1. The first-order valence-electron chi connectivity index (χ1n) is 6.96. The van der Waals surface area contributed by atoms with Gasteiger partial charge < -0.3 is 11.1 Å². The highest BCUT2D eigenvalue weighted by molar-refractivity contribution is 5.95. The summed E-state index contributed by atoms with van der Waals surface area (Å²) in [4.78, 5) is 11.8. The van der Waals surface area contributed by atoms with Gasteiger partial charge in [0.1, 0.15) is 0 Å². The summed E-state index contributed by atoms with van der Waals surface area (Å²) >= 11 is 0. The number of nitrogens with one attached hydrogen (secondary N) is 1. The molecule has 1 amide bonds. The number of nitrogens with two attached hydrogens (primary N) is 1. The Kier molecular flexibility index (Phi) is 3.28. The normalized spacial score (nSPS) is 13.5. The molecule has 3 heteroatoms. The quantitative estimate of drug-likeness (QED) is 0.765. The van der Waals surface area contributed by atoms with Gasteiger partial charge in [-0.2, -0.15) is 0 Å². The van der Waals surface area contributed by atoms with Gasteiger partial charge in [0.25, 0.3) is 0 Å². The van der Waals surface area contributed by atoms with Crippen LogP contribution in [-0.2, 0) is 11.2 Å². The second kappa shape index (κ2) is 5.10. The minimum atomic E-state index is -0.444. The lowest BCUT2D eigenvalue weighted by Gasteiger charge is -2.11. The number of rotatable bonds is 3. The summed E-state index contributed by atoms with van der Waals surface area (Å²) in [6.45, 7) is 1.91. The van der Waals surface area contributed by atoms with Gasteiger partial charge in [-0.3, -0.25) is 4.79 Å². The zero-order valence-electron chi connectivity index (χ0n) is 11.5. The molecule has 1 aliphatic rings. The average molecular weight is 266 g/mol. The first-order valence-corrected chi connectivity index (χ1v) is 6.96. The fourth-order valence-electron chi connectivity index (χ4n) is 2.64. The number of fused-ring (bicyclic) bond motifs is 3.